The van der Waals surface area contributed by atoms with Crippen LogP contribution in [0.25, 0.3) is 10.9 Å². The Balaban J connectivity index is 1.48. The first-order chi connectivity index (χ1) is 14.9. The summed E-state index contributed by atoms with van der Waals surface area (Å²) in [7, 11) is -3.92. The number of aromatic nitrogens is 1. The van der Waals surface area contributed by atoms with Gasteiger partial charge in [0.1, 0.15) is 18.9 Å². The van der Waals surface area contributed by atoms with Crippen LogP contribution < -0.4 is 9.46 Å². The first kappa shape index (κ1) is 20.7. The zero-order chi connectivity index (χ0) is 21.8. The van der Waals surface area contributed by atoms with Crippen LogP contribution in [0.3, 0.4) is 0 Å². The van der Waals surface area contributed by atoms with Crippen molar-refractivity contribution >= 4 is 26.8 Å². The molecule has 1 N–H and O–H groups in total. The molecule has 0 atom stereocenters. The van der Waals surface area contributed by atoms with Crippen molar-refractivity contribution in [3.8, 4) is 5.75 Å². The van der Waals surface area contributed by atoms with Crippen LogP contribution in [0.5, 0.6) is 5.75 Å². The summed E-state index contributed by atoms with van der Waals surface area (Å²) in [5.74, 6) is 0.0847. The molecule has 31 heavy (non-hydrogen) atoms. The first-order valence-corrected chi connectivity index (χ1v) is 11.3. The fraction of sp³-hybridized carbons (Fsp3) is 0.125. The van der Waals surface area contributed by atoms with Gasteiger partial charge >= 0.3 is 0 Å². The number of nitrogens with one attached hydrogen (secondary N) is 1. The fourth-order valence-corrected chi connectivity index (χ4v) is 4.28. The minimum Gasteiger partial charge on any atom is -0.488 e. The molecule has 0 saturated heterocycles. The van der Waals surface area contributed by atoms with E-state index in [9.17, 15) is 13.2 Å². The van der Waals surface area contributed by atoms with Crippen LogP contribution in [-0.2, 0) is 28.0 Å². The van der Waals surface area contributed by atoms with Crippen LogP contribution >= 0.6 is 0 Å². The van der Waals surface area contributed by atoms with Gasteiger partial charge in [-0.3, -0.25) is 4.79 Å². The second-order valence-electron chi connectivity index (χ2n) is 7.25. The zero-order valence-corrected chi connectivity index (χ0v) is 17.8. The van der Waals surface area contributed by atoms with Gasteiger partial charge in [-0.2, -0.15) is 0 Å². The lowest BCUT2D eigenvalue weighted by atomic mass is 10.2. The molecule has 0 radical (unpaired) electrons. The van der Waals surface area contributed by atoms with Crippen LogP contribution in [0.2, 0.25) is 0 Å². The molecule has 0 fully saturated rings. The molecule has 7 heteroatoms. The summed E-state index contributed by atoms with van der Waals surface area (Å²) in [5.41, 5.74) is 2.78. The fourth-order valence-electron chi connectivity index (χ4n) is 3.31. The lowest BCUT2D eigenvalue weighted by molar-refractivity contribution is -0.119. The quantitative estimate of drug-likeness (QED) is 0.476. The topological polar surface area (TPSA) is 77.4 Å². The van der Waals surface area contributed by atoms with Crippen LogP contribution in [0.4, 0.5) is 0 Å². The predicted octanol–water partition coefficient (Wildman–Crippen LogP) is 4.03. The molecule has 1 amide bonds. The number of amides is 1. The number of sulfonamides is 1. The largest absolute Gasteiger partial charge is 0.488 e. The summed E-state index contributed by atoms with van der Waals surface area (Å²) in [5, 5.41) is 0.854. The Bertz CT molecular complexity index is 1310. The number of carbonyl (C=O) groups is 1. The van der Waals surface area contributed by atoms with Crippen molar-refractivity contribution in [2.45, 2.75) is 25.0 Å². The van der Waals surface area contributed by atoms with Crippen molar-refractivity contribution in [3.63, 3.8) is 0 Å². The van der Waals surface area contributed by atoms with Gasteiger partial charge in [-0.25, -0.2) is 13.1 Å². The van der Waals surface area contributed by atoms with E-state index in [-0.39, 0.29) is 11.4 Å². The molecule has 0 aliphatic heterocycles. The highest BCUT2D eigenvalue weighted by atomic mass is 32.2. The summed E-state index contributed by atoms with van der Waals surface area (Å²) < 4.78 is 34.7. The summed E-state index contributed by atoms with van der Waals surface area (Å²) in [6.45, 7) is 2.17. The van der Waals surface area contributed by atoms with Gasteiger partial charge in [0, 0.05) is 11.6 Å². The third kappa shape index (κ3) is 4.78. The van der Waals surface area contributed by atoms with Gasteiger partial charge < -0.3 is 9.30 Å². The van der Waals surface area contributed by atoms with E-state index >= 15 is 0 Å². The van der Waals surface area contributed by atoms with E-state index in [0.29, 0.717) is 12.4 Å². The minimum atomic E-state index is -3.92. The Morgan fingerprint density at radius 3 is 2.42 bits per heavy atom. The van der Waals surface area contributed by atoms with Gasteiger partial charge in [0.15, 0.2) is 0 Å². The Kier molecular flexibility index (Phi) is 5.77. The molecule has 0 spiro atoms. The molecule has 0 bridgehead atoms. The van der Waals surface area contributed by atoms with Gasteiger partial charge in [0.25, 0.3) is 15.9 Å². The van der Waals surface area contributed by atoms with Crippen molar-refractivity contribution < 1.29 is 17.9 Å². The third-order valence-corrected chi connectivity index (χ3v) is 6.29. The molecular weight excluding hydrogens is 412 g/mol. The SMILES string of the molecule is Cc1ccc(S(=O)(=O)NC(=O)Cn2ccc3c(OCc4ccccc4)cccc32)cc1. The Labute approximate surface area is 181 Å². The number of aryl methyl sites for hydroxylation is 1. The molecule has 1 aromatic heterocycles. The number of carbonyl (C=O) groups excluding carboxylic acids is 1. The Morgan fingerprint density at radius 1 is 0.935 bits per heavy atom. The van der Waals surface area contributed by atoms with Crippen LogP contribution in [0.1, 0.15) is 11.1 Å². The monoisotopic (exact) mass is 434 g/mol. The highest BCUT2D eigenvalue weighted by molar-refractivity contribution is 7.90. The maximum absolute atomic E-state index is 12.5. The number of ether oxygens (including phenoxy) is 1. The standard InChI is InChI=1S/C24H22N2O4S/c1-18-10-12-20(13-11-18)31(28,29)25-24(27)16-26-15-14-21-22(26)8-5-9-23(21)30-17-19-6-3-2-4-7-19/h2-15H,16-17H2,1H3,(H,25,27). The third-order valence-electron chi connectivity index (χ3n) is 4.90. The molecule has 0 saturated carbocycles. The molecule has 158 valence electrons. The van der Waals surface area contributed by atoms with Crippen molar-refractivity contribution in [1.29, 1.82) is 0 Å². The molecule has 4 rings (SSSR count). The second kappa shape index (κ2) is 8.65. The average molecular weight is 435 g/mol. The molecule has 3 aromatic carbocycles. The van der Waals surface area contributed by atoms with Crippen molar-refractivity contribution in [2.75, 3.05) is 0 Å². The maximum atomic E-state index is 12.5. The lowest BCUT2D eigenvalue weighted by Crippen LogP contribution is -2.33. The predicted molar refractivity (Wildman–Crippen MR) is 119 cm³/mol. The Morgan fingerprint density at radius 2 is 1.68 bits per heavy atom. The molecule has 0 aliphatic rings. The number of benzene rings is 3. The van der Waals surface area contributed by atoms with Gasteiger partial charge in [-0.1, -0.05) is 54.1 Å². The van der Waals surface area contributed by atoms with Crippen LogP contribution in [0.15, 0.2) is 90.0 Å². The van der Waals surface area contributed by atoms with Gasteiger partial charge in [0.05, 0.1) is 10.4 Å². The summed E-state index contributed by atoms with van der Waals surface area (Å²) in [6, 6.07) is 23.6. The maximum Gasteiger partial charge on any atom is 0.264 e. The van der Waals surface area contributed by atoms with E-state index in [1.165, 1.54) is 12.1 Å². The molecule has 1 heterocycles. The zero-order valence-electron chi connectivity index (χ0n) is 17.0. The molecular formula is C24H22N2O4S. The smallest absolute Gasteiger partial charge is 0.264 e. The van der Waals surface area contributed by atoms with E-state index < -0.39 is 15.9 Å². The van der Waals surface area contributed by atoms with Crippen molar-refractivity contribution in [1.82, 2.24) is 9.29 Å². The van der Waals surface area contributed by atoms with E-state index in [2.05, 4.69) is 4.72 Å². The van der Waals surface area contributed by atoms with Gasteiger partial charge in [0.2, 0.25) is 0 Å². The first-order valence-electron chi connectivity index (χ1n) is 9.79. The number of fused-ring (bicyclic) bond motifs is 1. The van der Waals surface area contributed by atoms with E-state index in [1.807, 2.05) is 61.5 Å². The molecule has 4 aromatic rings. The van der Waals surface area contributed by atoms with Crippen molar-refractivity contribution in [2.24, 2.45) is 0 Å². The number of nitrogens with zero attached hydrogens (tertiary/aromatic N) is 1. The van der Waals surface area contributed by atoms with E-state index in [1.54, 1.807) is 22.9 Å². The van der Waals surface area contributed by atoms with E-state index in [0.717, 1.165) is 22.0 Å². The summed E-state index contributed by atoms with van der Waals surface area (Å²) in [4.78, 5) is 12.5. The second-order valence-corrected chi connectivity index (χ2v) is 8.93. The average Bonchev–Trinajstić information content (AvgIpc) is 3.16. The van der Waals surface area contributed by atoms with Crippen LogP contribution in [0, 0.1) is 6.92 Å². The van der Waals surface area contributed by atoms with Crippen molar-refractivity contribution in [3.05, 3.63) is 96.2 Å². The van der Waals surface area contributed by atoms with Crippen LogP contribution in [-0.4, -0.2) is 18.9 Å². The van der Waals surface area contributed by atoms with Gasteiger partial charge in [-0.15, -0.1) is 0 Å². The minimum absolute atomic E-state index is 0.0559. The summed E-state index contributed by atoms with van der Waals surface area (Å²) in [6.07, 6.45) is 1.75. The normalized spacial score (nSPS) is 11.4. The molecule has 0 unspecified atom stereocenters. The number of hydrogen-bond donors (Lipinski definition) is 1. The Hall–Kier alpha value is -3.58. The highest BCUT2D eigenvalue weighted by Gasteiger charge is 2.18. The number of rotatable bonds is 7. The molecule has 0 aliphatic carbocycles. The number of hydrogen-bond acceptors (Lipinski definition) is 4. The van der Waals surface area contributed by atoms with Gasteiger partial charge in [-0.05, 0) is 42.8 Å². The summed E-state index contributed by atoms with van der Waals surface area (Å²) >= 11 is 0. The van der Waals surface area contributed by atoms with E-state index in [4.69, 9.17) is 4.74 Å². The molecule has 6 nitrogen and oxygen atoms in total. The lowest BCUT2D eigenvalue weighted by Gasteiger charge is -2.10. The highest BCUT2D eigenvalue weighted by Crippen LogP contribution is 2.27.